The Morgan fingerprint density at radius 3 is 2.80 bits per heavy atom. The molecule has 1 aromatic heterocycles. The van der Waals surface area contributed by atoms with Crippen molar-refractivity contribution in [2.75, 3.05) is 0 Å². The topological polar surface area (TPSA) is 66.4 Å². The van der Waals surface area contributed by atoms with Crippen LogP contribution in [0.2, 0.25) is 0 Å². The van der Waals surface area contributed by atoms with E-state index in [0.717, 1.165) is 12.0 Å². The van der Waals surface area contributed by atoms with Crippen LogP contribution >= 0.6 is 11.3 Å². The SMILES string of the molecule is CC(C)[C@@H]1CCC[C@H]1NC(=O)Cc1csc(C(=O)O)c1. The molecule has 1 aliphatic rings. The molecule has 1 amide bonds. The highest BCUT2D eigenvalue weighted by Crippen LogP contribution is 2.31. The van der Waals surface area contributed by atoms with Gasteiger partial charge in [-0.05, 0) is 41.7 Å². The molecule has 0 radical (unpaired) electrons. The van der Waals surface area contributed by atoms with Crippen molar-refractivity contribution in [3.8, 4) is 0 Å². The fourth-order valence-corrected chi connectivity index (χ4v) is 3.74. The Kier molecular flexibility index (Phi) is 4.81. The molecule has 2 rings (SSSR count). The number of aromatic carboxylic acids is 1. The van der Waals surface area contributed by atoms with Gasteiger partial charge in [-0.2, -0.15) is 0 Å². The third-order valence-corrected chi connectivity index (χ3v) is 4.97. The second-order valence-electron chi connectivity index (χ2n) is 5.81. The van der Waals surface area contributed by atoms with Crippen LogP contribution in [0.5, 0.6) is 0 Å². The molecular weight excluding hydrogens is 274 g/mol. The van der Waals surface area contributed by atoms with Crippen LogP contribution in [0.3, 0.4) is 0 Å². The predicted octanol–water partition coefficient (Wildman–Crippen LogP) is 2.93. The van der Waals surface area contributed by atoms with Gasteiger partial charge in [0, 0.05) is 6.04 Å². The minimum atomic E-state index is -0.933. The molecule has 2 N–H and O–H groups in total. The highest BCUT2D eigenvalue weighted by Gasteiger charge is 2.30. The lowest BCUT2D eigenvalue weighted by molar-refractivity contribution is -0.121. The predicted molar refractivity (Wildman–Crippen MR) is 79.1 cm³/mol. The lowest BCUT2D eigenvalue weighted by Crippen LogP contribution is -2.39. The number of nitrogens with one attached hydrogen (secondary N) is 1. The van der Waals surface area contributed by atoms with Crippen LogP contribution in [0.1, 0.15) is 48.3 Å². The van der Waals surface area contributed by atoms with Gasteiger partial charge < -0.3 is 10.4 Å². The molecule has 0 bridgehead atoms. The van der Waals surface area contributed by atoms with Gasteiger partial charge in [-0.3, -0.25) is 4.79 Å². The van der Waals surface area contributed by atoms with E-state index in [0.29, 0.717) is 11.8 Å². The lowest BCUT2D eigenvalue weighted by Gasteiger charge is -2.24. The number of carbonyl (C=O) groups excluding carboxylic acids is 1. The Bertz CT molecular complexity index is 495. The summed E-state index contributed by atoms with van der Waals surface area (Å²) in [6.45, 7) is 4.40. The van der Waals surface area contributed by atoms with Crippen LogP contribution in [0.25, 0.3) is 0 Å². The Hall–Kier alpha value is -1.36. The van der Waals surface area contributed by atoms with Gasteiger partial charge in [0.05, 0.1) is 6.42 Å². The van der Waals surface area contributed by atoms with Crippen molar-refractivity contribution in [2.45, 2.75) is 45.6 Å². The van der Waals surface area contributed by atoms with Crippen LogP contribution in [-0.2, 0) is 11.2 Å². The molecule has 0 aromatic carbocycles. The van der Waals surface area contributed by atoms with Crippen molar-refractivity contribution >= 4 is 23.2 Å². The average molecular weight is 295 g/mol. The molecule has 4 nitrogen and oxygen atoms in total. The molecule has 1 saturated carbocycles. The summed E-state index contributed by atoms with van der Waals surface area (Å²) in [7, 11) is 0. The van der Waals surface area contributed by atoms with Crippen molar-refractivity contribution in [2.24, 2.45) is 11.8 Å². The summed E-state index contributed by atoms with van der Waals surface area (Å²) in [6, 6.07) is 1.86. The van der Waals surface area contributed by atoms with E-state index in [9.17, 15) is 9.59 Å². The first-order valence-electron chi connectivity index (χ1n) is 7.07. The van der Waals surface area contributed by atoms with Crippen molar-refractivity contribution in [1.82, 2.24) is 5.32 Å². The highest BCUT2D eigenvalue weighted by atomic mass is 32.1. The molecule has 1 aromatic rings. The smallest absolute Gasteiger partial charge is 0.345 e. The Balaban J connectivity index is 1.90. The first-order valence-corrected chi connectivity index (χ1v) is 7.95. The van der Waals surface area contributed by atoms with Crippen LogP contribution < -0.4 is 5.32 Å². The molecule has 110 valence electrons. The first kappa shape index (κ1) is 15.0. The summed E-state index contributed by atoms with van der Waals surface area (Å²) in [5.74, 6) is 0.216. The average Bonchev–Trinajstić information content (AvgIpc) is 2.97. The van der Waals surface area contributed by atoms with E-state index in [2.05, 4.69) is 19.2 Å². The zero-order chi connectivity index (χ0) is 14.7. The minimum absolute atomic E-state index is 0.00251. The fourth-order valence-electron chi connectivity index (χ4n) is 2.99. The van der Waals surface area contributed by atoms with Crippen LogP contribution in [-0.4, -0.2) is 23.0 Å². The molecule has 5 heteroatoms. The van der Waals surface area contributed by atoms with Gasteiger partial charge in [-0.25, -0.2) is 4.79 Å². The number of thiophene rings is 1. The lowest BCUT2D eigenvalue weighted by atomic mass is 9.91. The highest BCUT2D eigenvalue weighted by molar-refractivity contribution is 7.12. The molecular formula is C15H21NO3S. The first-order chi connectivity index (χ1) is 9.47. The molecule has 0 saturated heterocycles. The number of carboxylic acid groups (broad SMARTS) is 1. The Morgan fingerprint density at radius 2 is 2.20 bits per heavy atom. The summed E-state index contributed by atoms with van der Waals surface area (Å²) in [5, 5.41) is 13.7. The zero-order valence-corrected chi connectivity index (χ0v) is 12.7. The number of carboxylic acids is 1. The van der Waals surface area contributed by atoms with Gasteiger partial charge in [-0.15, -0.1) is 11.3 Å². The molecule has 0 aliphatic heterocycles. The van der Waals surface area contributed by atoms with Crippen LogP contribution in [0, 0.1) is 11.8 Å². The van der Waals surface area contributed by atoms with E-state index in [-0.39, 0.29) is 23.2 Å². The largest absolute Gasteiger partial charge is 0.477 e. The monoisotopic (exact) mass is 295 g/mol. The number of carbonyl (C=O) groups is 2. The Labute approximate surface area is 123 Å². The summed E-state index contributed by atoms with van der Waals surface area (Å²) in [6.07, 6.45) is 3.68. The van der Waals surface area contributed by atoms with Crippen molar-refractivity contribution < 1.29 is 14.7 Å². The van der Waals surface area contributed by atoms with Crippen molar-refractivity contribution in [1.29, 1.82) is 0 Å². The maximum atomic E-state index is 12.1. The second kappa shape index (κ2) is 6.39. The fraction of sp³-hybridized carbons (Fsp3) is 0.600. The molecule has 1 heterocycles. The number of amides is 1. The molecule has 20 heavy (non-hydrogen) atoms. The number of hydrogen-bond donors (Lipinski definition) is 2. The van der Waals surface area contributed by atoms with Gasteiger partial charge in [0.1, 0.15) is 4.88 Å². The third-order valence-electron chi connectivity index (χ3n) is 4.00. The summed E-state index contributed by atoms with van der Waals surface area (Å²) in [5.41, 5.74) is 0.781. The van der Waals surface area contributed by atoms with E-state index in [1.54, 1.807) is 11.4 Å². The van der Waals surface area contributed by atoms with E-state index in [1.165, 1.54) is 24.2 Å². The zero-order valence-electron chi connectivity index (χ0n) is 11.9. The van der Waals surface area contributed by atoms with Gasteiger partial charge in [-0.1, -0.05) is 20.3 Å². The maximum Gasteiger partial charge on any atom is 0.345 e. The van der Waals surface area contributed by atoms with Crippen molar-refractivity contribution in [3.05, 3.63) is 21.9 Å². The number of rotatable bonds is 5. The molecule has 0 unspecified atom stereocenters. The molecule has 2 atom stereocenters. The molecule has 1 aliphatic carbocycles. The Morgan fingerprint density at radius 1 is 1.45 bits per heavy atom. The van der Waals surface area contributed by atoms with E-state index in [4.69, 9.17) is 5.11 Å². The van der Waals surface area contributed by atoms with E-state index < -0.39 is 5.97 Å². The van der Waals surface area contributed by atoms with Gasteiger partial charge in [0.25, 0.3) is 0 Å². The van der Waals surface area contributed by atoms with E-state index >= 15 is 0 Å². The second-order valence-corrected chi connectivity index (χ2v) is 6.73. The van der Waals surface area contributed by atoms with Crippen LogP contribution in [0.15, 0.2) is 11.4 Å². The van der Waals surface area contributed by atoms with E-state index in [1.807, 2.05) is 0 Å². The van der Waals surface area contributed by atoms with Gasteiger partial charge >= 0.3 is 5.97 Å². The quantitative estimate of drug-likeness (QED) is 0.877. The standard InChI is InChI=1S/C15H21NO3S/c1-9(2)11-4-3-5-12(11)16-14(17)7-10-6-13(15(18)19)20-8-10/h6,8-9,11-12H,3-5,7H2,1-2H3,(H,16,17)(H,18,19)/t11-,12+/m0/s1. The summed E-state index contributed by atoms with van der Waals surface area (Å²) in [4.78, 5) is 23.2. The normalized spacial score (nSPS) is 22.1. The number of hydrogen-bond acceptors (Lipinski definition) is 3. The summed E-state index contributed by atoms with van der Waals surface area (Å²) >= 11 is 1.17. The van der Waals surface area contributed by atoms with Gasteiger partial charge in [0.15, 0.2) is 0 Å². The molecule has 1 fully saturated rings. The maximum absolute atomic E-state index is 12.1. The van der Waals surface area contributed by atoms with Crippen LogP contribution in [0.4, 0.5) is 0 Å². The van der Waals surface area contributed by atoms with Crippen molar-refractivity contribution in [3.63, 3.8) is 0 Å². The van der Waals surface area contributed by atoms with Gasteiger partial charge in [0.2, 0.25) is 5.91 Å². The third kappa shape index (κ3) is 3.60. The molecule has 0 spiro atoms. The minimum Gasteiger partial charge on any atom is -0.477 e. The summed E-state index contributed by atoms with van der Waals surface area (Å²) < 4.78 is 0.